The summed E-state index contributed by atoms with van der Waals surface area (Å²) in [6.45, 7) is 13.8. The first-order valence-electron chi connectivity index (χ1n) is 10.6. The van der Waals surface area contributed by atoms with Gasteiger partial charge in [0.2, 0.25) is 5.78 Å². The molecule has 0 aromatic carbocycles. The van der Waals surface area contributed by atoms with Crippen LogP contribution in [0.4, 0.5) is 0 Å². The van der Waals surface area contributed by atoms with Crippen LogP contribution in [-0.4, -0.2) is 20.2 Å². The van der Waals surface area contributed by atoms with Crippen LogP contribution in [0.25, 0.3) is 0 Å². The molecule has 1 heterocycles. The minimum atomic E-state index is -1.89. The Morgan fingerprint density at radius 2 is 2.10 bits per heavy atom. The van der Waals surface area contributed by atoms with Gasteiger partial charge in [-0.2, -0.15) is 0 Å². The number of rotatable bonds is 6. The van der Waals surface area contributed by atoms with E-state index in [1.807, 2.05) is 12.1 Å². The summed E-state index contributed by atoms with van der Waals surface area (Å²) in [6, 6.07) is 3.89. The molecule has 156 valence electrons. The summed E-state index contributed by atoms with van der Waals surface area (Å²) < 4.78 is 12.4. The number of allylic oxidation sites excluding steroid dienone is 2. The Balaban J connectivity index is 1.91. The molecule has 0 radical (unpaired) electrons. The number of ketones is 1. The van der Waals surface area contributed by atoms with Gasteiger partial charge < -0.3 is 8.84 Å². The summed E-state index contributed by atoms with van der Waals surface area (Å²) in [5.41, 5.74) is 3.15. The van der Waals surface area contributed by atoms with Crippen molar-refractivity contribution in [2.24, 2.45) is 5.41 Å². The number of carbonyl (C=O) groups excluding carboxylic acids is 1. The SMILES string of the molecule is C#CC(=O)C1=C(CCc2ccco2)C2=CC[C@H](O[Si](C)(C)C(C)(C)C)[C@@]2(C)CC1. The van der Waals surface area contributed by atoms with E-state index in [1.165, 1.54) is 5.57 Å². The molecule has 4 heteroatoms. The van der Waals surface area contributed by atoms with Crippen LogP contribution >= 0.6 is 0 Å². The Bertz CT molecular complexity index is 874. The molecular formula is C25H34O3Si. The molecule has 0 aliphatic heterocycles. The van der Waals surface area contributed by atoms with Crippen LogP contribution in [0, 0.1) is 17.8 Å². The second kappa shape index (κ2) is 7.78. The topological polar surface area (TPSA) is 39.4 Å². The Labute approximate surface area is 176 Å². The molecule has 1 aromatic rings. The first-order valence-corrected chi connectivity index (χ1v) is 13.5. The van der Waals surface area contributed by atoms with Crippen LogP contribution in [0.2, 0.25) is 18.1 Å². The standard InChI is InChI=1S/C25H34O3Si/c1-8-22(26)20-15-16-25(5)21(19(20)12-11-18-10-9-17-27-18)13-14-23(25)28-29(6,7)24(2,3)4/h1,9-10,13,17,23H,11-12,14-16H2,2-7H3/t23-,25-/m0/s1. The third-order valence-electron chi connectivity index (χ3n) is 7.30. The quantitative estimate of drug-likeness (QED) is 0.317. The van der Waals surface area contributed by atoms with E-state index in [0.29, 0.717) is 0 Å². The van der Waals surface area contributed by atoms with E-state index >= 15 is 0 Å². The second-order valence-corrected chi connectivity index (χ2v) is 14.9. The molecule has 3 rings (SSSR count). The number of hydrogen-bond acceptors (Lipinski definition) is 3. The van der Waals surface area contributed by atoms with E-state index in [-0.39, 0.29) is 22.3 Å². The van der Waals surface area contributed by atoms with Gasteiger partial charge in [-0.25, -0.2) is 0 Å². The Kier molecular flexibility index (Phi) is 5.86. The molecule has 29 heavy (non-hydrogen) atoms. The first-order chi connectivity index (χ1) is 13.5. The van der Waals surface area contributed by atoms with E-state index in [1.54, 1.807) is 6.26 Å². The molecule has 0 saturated carbocycles. The first kappa shape index (κ1) is 21.9. The lowest BCUT2D eigenvalue weighted by Gasteiger charge is -2.46. The predicted octanol–water partition coefficient (Wildman–Crippen LogP) is 6.23. The highest BCUT2D eigenvalue weighted by atomic mass is 28.4. The minimum Gasteiger partial charge on any atom is -0.469 e. The predicted molar refractivity (Wildman–Crippen MR) is 120 cm³/mol. The molecule has 0 saturated heterocycles. The van der Waals surface area contributed by atoms with Crippen molar-refractivity contribution in [3.05, 3.63) is 47.0 Å². The normalized spacial score (nSPS) is 24.9. The minimum absolute atomic E-state index is 0.0631. The zero-order valence-electron chi connectivity index (χ0n) is 18.7. The zero-order chi connectivity index (χ0) is 21.4. The van der Waals surface area contributed by atoms with E-state index in [9.17, 15) is 4.79 Å². The average Bonchev–Trinajstić information content (AvgIpc) is 3.26. The van der Waals surface area contributed by atoms with Crippen LogP contribution < -0.4 is 0 Å². The number of fused-ring (bicyclic) bond motifs is 1. The zero-order valence-corrected chi connectivity index (χ0v) is 19.7. The maximum Gasteiger partial charge on any atom is 0.231 e. The van der Waals surface area contributed by atoms with Crippen molar-refractivity contribution in [1.29, 1.82) is 0 Å². The van der Waals surface area contributed by atoms with Crippen LogP contribution in [0.3, 0.4) is 0 Å². The highest BCUT2D eigenvalue weighted by Gasteiger charge is 2.50. The summed E-state index contributed by atoms with van der Waals surface area (Å²) in [4.78, 5) is 12.5. The molecule has 2 atom stereocenters. The molecule has 3 nitrogen and oxygen atoms in total. The van der Waals surface area contributed by atoms with Gasteiger partial charge in [0.25, 0.3) is 0 Å². The summed E-state index contributed by atoms with van der Waals surface area (Å²) in [5, 5.41) is 0.170. The van der Waals surface area contributed by atoms with Gasteiger partial charge >= 0.3 is 0 Å². The third-order valence-corrected chi connectivity index (χ3v) is 11.8. The fourth-order valence-electron chi connectivity index (χ4n) is 4.39. The van der Waals surface area contributed by atoms with Gasteiger partial charge in [-0.15, -0.1) is 6.42 Å². The van der Waals surface area contributed by atoms with Crippen LogP contribution in [0.1, 0.15) is 59.1 Å². The Morgan fingerprint density at radius 1 is 1.38 bits per heavy atom. The number of hydrogen-bond donors (Lipinski definition) is 0. The van der Waals surface area contributed by atoms with E-state index in [2.05, 4.69) is 52.8 Å². The van der Waals surface area contributed by atoms with Crippen molar-refractivity contribution >= 4 is 14.1 Å². The second-order valence-electron chi connectivity index (χ2n) is 10.1. The molecule has 0 fully saturated rings. The fraction of sp³-hybridized carbons (Fsp3) is 0.560. The Hall–Kier alpha value is -1.83. The summed E-state index contributed by atoms with van der Waals surface area (Å²) in [7, 11) is -1.89. The molecule has 0 amide bonds. The van der Waals surface area contributed by atoms with Crippen molar-refractivity contribution < 1.29 is 13.6 Å². The van der Waals surface area contributed by atoms with Crippen LogP contribution in [0.15, 0.2) is 45.6 Å². The number of terminal acetylenes is 1. The molecular weight excluding hydrogens is 376 g/mol. The van der Waals surface area contributed by atoms with Crippen molar-refractivity contribution in [3.8, 4) is 12.3 Å². The maximum atomic E-state index is 12.5. The average molecular weight is 411 g/mol. The number of Topliss-reactive ketones (excluding diaryl/α,β-unsaturated/α-hetero) is 1. The molecule has 0 N–H and O–H groups in total. The third kappa shape index (κ3) is 4.08. The summed E-state index contributed by atoms with van der Waals surface area (Å²) >= 11 is 0. The highest BCUT2D eigenvalue weighted by Crippen LogP contribution is 2.54. The van der Waals surface area contributed by atoms with Gasteiger partial charge in [0, 0.05) is 17.4 Å². The number of carbonyl (C=O) groups is 1. The highest BCUT2D eigenvalue weighted by molar-refractivity contribution is 6.74. The molecule has 0 spiro atoms. The fourth-order valence-corrected chi connectivity index (χ4v) is 5.81. The number of furan rings is 1. The van der Waals surface area contributed by atoms with Gasteiger partial charge in [-0.05, 0) is 73.0 Å². The molecule has 2 aliphatic rings. The van der Waals surface area contributed by atoms with Gasteiger partial charge in [-0.3, -0.25) is 4.79 Å². The molecule has 1 aromatic heterocycles. The van der Waals surface area contributed by atoms with E-state index in [4.69, 9.17) is 15.3 Å². The van der Waals surface area contributed by atoms with Crippen molar-refractivity contribution in [2.45, 2.75) is 84.0 Å². The van der Waals surface area contributed by atoms with Gasteiger partial charge in [-0.1, -0.05) is 33.8 Å². The smallest absolute Gasteiger partial charge is 0.231 e. The van der Waals surface area contributed by atoms with Crippen molar-refractivity contribution in [3.63, 3.8) is 0 Å². The molecule has 0 bridgehead atoms. The summed E-state index contributed by atoms with van der Waals surface area (Å²) in [5.74, 6) is 3.11. The monoisotopic (exact) mass is 410 g/mol. The maximum absolute atomic E-state index is 12.5. The number of aryl methyl sites for hydroxylation is 1. The van der Waals surface area contributed by atoms with Crippen LogP contribution in [0.5, 0.6) is 0 Å². The molecule has 2 aliphatic carbocycles. The lowest BCUT2D eigenvalue weighted by atomic mass is 9.67. The molecule has 0 unspecified atom stereocenters. The lowest BCUT2D eigenvalue weighted by Crippen LogP contribution is -2.48. The van der Waals surface area contributed by atoms with Crippen molar-refractivity contribution in [1.82, 2.24) is 0 Å². The largest absolute Gasteiger partial charge is 0.469 e. The van der Waals surface area contributed by atoms with Gasteiger partial charge in [0.1, 0.15) is 5.76 Å². The lowest BCUT2D eigenvalue weighted by molar-refractivity contribution is -0.110. The van der Waals surface area contributed by atoms with Crippen LogP contribution in [-0.2, 0) is 15.6 Å². The summed E-state index contributed by atoms with van der Waals surface area (Å²) in [6.07, 6.45) is 13.7. The van der Waals surface area contributed by atoms with Crippen molar-refractivity contribution in [2.75, 3.05) is 0 Å². The van der Waals surface area contributed by atoms with Gasteiger partial charge in [0.15, 0.2) is 8.32 Å². The van der Waals surface area contributed by atoms with E-state index in [0.717, 1.165) is 49.0 Å². The van der Waals surface area contributed by atoms with Gasteiger partial charge in [0.05, 0.1) is 12.4 Å². The van der Waals surface area contributed by atoms with E-state index < -0.39 is 8.32 Å². The Morgan fingerprint density at radius 3 is 2.69 bits per heavy atom.